The van der Waals surface area contributed by atoms with Crippen LogP contribution in [0.2, 0.25) is 0 Å². The lowest BCUT2D eigenvalue weighted by atomic mass is 9.94. The van der Waals surface area contributed by atoms with Crippen molar-refractivity contribution < 1.29 is 37.3 Å². The number of unbranched alkanes of at least 4 members (excludes halogenated alkanes) is 1. The second kappa shape index (κ2) is 13.0. The molecule has 0 saturated heterocycles. The Balaban J connectivity index is 1.78. The van der Waals surface area contributed by atoms with E-state index < -0.39 is 11.7 Å². The number of esters is 1. The second-order valence-electron chi connectivity index (χ2n) is 8.35. The number of hydrogen-bond donors (Lipinski definition) is 1. The summed E-state index contributed by atoms with van der Waals surface area (Å²) < 4.78 is 48.7. The zero-order valence-electron chi connectivity index (χ0n) is 19.4. The van der Waals surface area contributed by atoms with Crippen LogP contribution in [0, 0.1) is 5.92 Å². The van der Waals surface area contributed by atoms with Crippen LogP contribution in [0.5, 0.6) is 5.75 Å². The van der Waals surface area contributed by atoms with Crippen LogP contribution in [0.3, 0.4) is 0 Å². The van der Waals surface area contributed by atoms with Crippen LogP contribution in [-0.2, 0) is 20.5 Å². The molecule has 34 heavy (non-hydrogen) atoms. The lowest BCUT2D eigenvalue weighted by Crippen LogP contribution is -2.10. The molecule has 186 valence electrons. The van der Waals surface area contributed by atoms with E-state index in [1.165, 1.54) is 18.2 Å². The minimum atomic E-state index is -4.47. The van der Waals surface area contributed by atoms with Crippen molar-refractivity contribution in [2.75, 3.05) is 6.61 Å². The first-order valence-corrected chi connectivity index (χ1v) is 11.3. The molecule has 0 saturated carbocycles. The van der Waals surface area contributed by atoms with Gasteiger partial charge in [-0.15, -0.1) is 0 Å². The van der Waals surface area contributed by atoms with Crippen molar-refractivity contribution in [1.29, 1.82) is 0 Å². The number of rotatable bonds is 12. The maximum atomic E-state index is 12.8. The van der Waals surface area contributed by atoms with Crippen LogP contribution in [0.1, 0.15) is 57.9 Å². The van der Waals surface area contributed by atoms with Crippen molar-refractivity contribution in [2.24, 2.45) is 5.92 Å². The summed E-state index contributed by atoms with van der Waals surface area (Å²) in [6.07, 6.45) is 5.59. The number of carbonyl (C=O) groups is 2. The van der Waals surface area contributed by atoms with Gasteiger partial charge in [-0.3, -0.25) is 9.59 Å². The van der Waals surface area contributed by atoms with Gasteiger partial charge in [0.25, 0.3) is 0 Å². The van der Waals surface area contributed by atoms with Crippen LogP contribution in [0.25, 0.3) is 0 Å². The fraction of sp³-hybridized carbons (Fsp3) is 0.462. The van der Waals surface area contributed by atoms with Crippen LogP contribution in [0.15, 0.2) is 59.9 Å². The van der Waals surface area contributed by atoms with Crippen LogP contribution >= 0.6 is 0 Å². The van der Waals surface area contributed by atoms with Gasteiger partial charge in [-0.05, 0) is 63.8 Å². The quantitative estimate of drug-likeness (QED) is 0.160. The SMILES string of the molecule is CC(C)OC(=O)CCCC=CC[C@H]1C(=O)CC=C1C/C=C(\O)COc1cccc(C(F)(F)F)c1. The lowest BCUT2D eigenvalue weighted by Gasteiger charge is -2.11. The highest BCUT2D eigenvalue weighted by Gasteiger charge is 2.30. The van der Waals surface area contributed by atoms with Gasteiger partial charge in [-0.25, -0.2) is 0 Å². The predicted octanol–water partition coefficient (Wildman–Crippen LogP) is 6.50. The van der Waals surface area contributed by atoms with E-state index in [9.17, 15) is 27.9 Å². The van der Waals surface area contributed by atoms with Crippen molar-refractivity contribution in [1.82, 2.24) is 0 Å². The van der Waals surface area contributed by atoms with Gasteiger partial charge in [0.2, 0.25) is 0 Å². The lowest BCUT2D eigenvalue weighted by molar-refractivity contribution is -0.147. The summed E-state index contributed by atoms with van der Waals surface area (Å²) in [4.78, 5) is 23.7. The number of ether oxygens (including phenoxy) is 2. The van der Waals surface area contributed by atoms with E-state index in [1.54, 1.807) is 13.8 Å². The van der Waals surface area contributed by atoms with E-state index in [1.807, 2.05) is 18.2 Å². The van der Waals surface area contributed by atoms with E-state index in [-0.39, 0.29) is 41.9 Å². The molecule has 5 nitrogen and oxygen atoms in total. The summed E-state index contributed by atoms with van der Waals surface area (Å²) >= 11 is 0. The summed E-state index contributed by atoms with van der Waals surface area (Å²) in [6.45, 7) is 3.34. The molecule has 0 spiro atoms. The van der Waals surface area contributed by atoms with Crippen LogP contribution in [0.4, 0.5) is 13.2 Å². The number of allylic oxidation sites excluding steroid dienone is 5. The molecule has 2 rings (SSSR count). The van der Waals surface area contributed by atoms with Crippen LogP contribution < -0.4 is 4.74 Å². The Morgan fingerprint density at radius 2 is 2.03 bits per heavy atom. The molecule has 1 atom stereocenters. The first-order chi connectivity index (χ1) is 16.1. The Kier molecular flexibility index (Phi) is 10.4. The molecule has 1 N–H and O–H groups in total. The number of ketones is 1. The highest BCUT2D eigenvalue weighted by Crippen LogP contribution is 2.32. The van der Waals surface area contributed by atoms with Gasteiger partial charge in [0.1, 0.15) is 23.9 Å². The average Bonchev–Trinajstić information content (AvgIpc) is 3.11. The Morgan fingerprint density at radius 1 is 1.26 bits per heavy atom. The number of halogens is 3. The van der Waals surface area contributed by atoms with Crippen molar-refractivity contribution >= 4 is 11.8 Å². The van der Waals surface area contributed by atoms with E-state index in [0.717, 1.165) is 17.7 Å². The standard InChI is InChI=1S/C26H31F3O5/c1-18(2)34-25(32)11-6-4-3-5-10-23-19(13-15-24(23)31)12-14-21(30)17-33-22-9-7-8-20(16-22)26(27,28)29/h3,5,7-9,13-14,16,18,23,30H,4,6,10-12,15,17H2,1-2H3/b5-3?,21-14-/t23-/m1/s1. The molecule has 0 radical (unpaired) electrons. The molecule has 0 amide bonds. The first kappa shape index (κ1) is 27.2. The average molecular weight is 481 g/mol. The Labute approximate surface area is 197 Å². The number of alkyl halides is 3. The van der Waals surface area contributed by atoms with Gasteiger partial charge in [-0.2, -0.15) is 13.2 Å². The van der Waals surface area contributed by atoms with Gasteiger partial charge in [0.05, 0.1) is 11.7 Å². The molecule has 1 aliphatic carbocycles. The molecule has 1 aromatic rings. The molecular formula is C26H31F3O5. The maximum Gasteiger partial charge on any atom is 0.416 e. The van der Waals surface area contributed by atoms with E-state index in [0.29, 0.717) is 38.5 Å². The molecule has 8 heteroatoms. The third kappa shape index (κ3) is 9.45. The normalized spacial score (nSPS) is 16.9. The minimum Gasteiger partial charge on any atom is -0.509 e. The molecular weight excluding hydrogens is 449 g/mol. The molecule has 0 bridgehead atoms. The fourth-order valence-corrected chi connectivity index (χ4v) is 3.48. The third-order valence-electron chi connectivity index (χ3n) is 5.18. The number of aliphatic hydroxyl groups excluding tert-OH is 1. The van der Waals surface area contributed by atoms with Crippen LogP contribution in [-0.4, -0.2) is 29.6 Å². The monoisotopic (exact) mass is 480 g/mol. The van der Waals surface area contributed by atoms with Gasteiger partial charge in [0.15, 0.2) is 0 Å². The van der Waals surface area contributed by atoms with Crippen molar-refractivity contribution in [3.05, 3.63) is 65.5 Å². The topological polar surface area (TPSA) is 72.8 Å². The molecule has 0 fully saturated rings. The summed E-state index contributed by atoms with van der Waals surface area (Å²) in [5, 5.41) is 10.1. The summed E-state index contributed by atoms with van der Waals surface area (Å²) in [5.41, 5.74) is 0.0651. The van der Waals surface area contributed by atoms with Gasteiger partial charge < -0.3 is 14.6 Å². The van der Waals surface area contributed by atoms with Gasteiger partial charge in [-0.1, -0.05) is 29.9 Å². The predicted molar refractivity (Wildman–Crippen MR) is 122 cm³/mol. The molecule has 1 aliphatic rings. The summed E-state index contributed by atoms with van der Waals surface area (Å²) in [5.74, 6) is -0.502. The van der Waals surface area contributed by atoms with Gasteiger partial charge in [0, 0.05) is 18.8 Å². The highest BCUT2D eigenvalue weighted by molar-refractivity contribution is 5.88. The maximum absolute atomic E-state index is 12.8. The number of aliphatic hydroxyl groups is 1. The number of carbonyl (C=O) groups excluding carboxylic acids is 2. The molecule has 0 unspecified atom stereocenters. The molecule has 1 aromatic carbocycles. The number of benzene rings is 1. The minimum absolute atomic E-state index is 0.00511. The third-order valence-corrected chi connectivity index (χ3v) is 5.18. The molecule has 0 heterocycles. The van der Waals surface area contributed by atoms with Crippen molar-refractivity contribution in [2.45, 2.75) is 64.7 Å². The Bertz CT molecular complexity index is 929. The van der Waals surface area contributed by atoms with Crippen molar-refractivity contribution in [3.8, 4) is 5.75 Å². The Hall–Kier alpha value is -3.03. The first-order valence-electron chi connectivity index (χ1n) is 11.3. The largest absolute Gasteiger partial charge is 0.509 e. The van der Waals surface area contributed by atoms with E-state index in [4.69, 9.17) is 9.47 Å². The zero-order valence-corrected chi connectivity index (χ0v) is 19.4. The molecule has 0 aliphatic heterocycles. The number of hydrogen-bond acceptors (Lipinski definition) is 5. The van der Waals surface area contributed by atoms with E-state index >= 15 is 0 Å². The Morgan fingerprint density at radius 3 is 2.74 bits per heavy atom. The summed E-state index contributed by atoms with van der Waals surface area (Å²) in [6, 6.07) is 4.45. The smallest absolute Gasteiger partial charge is 0.416 e. The summed E-state index contributed by atoms with van der Waals surface area (Å²) in [7, 11) is 0. The fourth-order valence-electron chi connectivity index (χ4n) is 3.48. The van der Waals surface area contributed by atoms with Crippen molar-refractivity contribution in [3.63, 3.8) is 0 Å². The second-order valence-corrected chi connectivity index (χ2v) is 8.35. The molecule has 0 aromatic heterocycles. The zero-order chi connectivity index (χ0) is 25.1. The number of Topliss-reactive ketones (excluding diaryl/α,β-unsaturated/α-hetero) is 1. The van der Waals surface area contributed by atoms with Gasteiger partial charge >= 0.3 is 12.1 Å². The van der Waals surface area contributed by atoms with E-state index in [2.05, 4.69) is 0 Å². The highest BCUT2D eigenvalue weighted by atomic mass is 19.4.